The Kier molecular flexibility index (Phi) is 4.79. The van der Waals surface area contributed by atoms with Crippen LogP contribution in [0.4, 0.5) is 5.82 Å². The van der Waals surface area contributed by atoms with Crippen molar-refractivity contribution in [3.8, 4) is 0 Å². The van der Waals surface area contributed by atoms with E-state index in [0.717, 1.165) is 4.47 Å². The van der Waals surface area contributed by atoms with Gasteiger partial charge in [0.15, 0.2) is 0 Å². The molecule has 0 saturated carbocycles. The average molecular weight is 435 g/mol. The second-order valence-electron chi connectivity index (χ2n) is 6.27. The van der Waals surface area contributed by atoms with Gasteiger partial charge in [-0.2, -0.15) is 0 Å². The molecule has 1 atom stereocenters. The van der Waals surface area contributed by atoms with Crippen LogP contribution in [-0.2, 0) is 9.59 Å². The van der Waals surface area contributed by atoms with Gasteiger partial charge in [-0.25, -0.2) is 4.98 Å². The minimum atomic E-state index is -0.764. The summed E-state index contributed by atoms with van der Waals surface area (Å²) in [6, 6.07) is 20.4. The lowest BCUT2D eigenvalue weighted by Crippen LogP contribution is -2.30. The van der Waals surface area contributed by atoms with Crippen molar-refractivity contribution in [2.45, 2.75) is 6.04 Å². The van der Waals surface area contributed by atoms with Crippen LogP contribution in [0, 0.1) is 0 Å². The standard InChI is InChI=1S/C22H15BrN2O3/c23-16-11-9-15(10-12-16)20(26)18-19(14-6-2-1-3-7-14)25(22(28)21(18)27)17-8-4-5-13-24-17/h1-13,19,26H/b20-18+. The highest BCUT2D eigenvalue weighted by Gasteiger charge is 2.47. The predicted molar refractivity (Wildman–Crippen MR) is 110 cm³/mol. The molecule has 0 aliphatic carbocycles. The number of halogens is 1. The number of Topliss-reactive ketones (excluding diaryl/α,β-unsaturated/α-hetero) is 1. The molecule has 1 unspecified atom stereocenters. The molecule has 0 radical (unpaired) electrons. The van der Waals surface area contributed by atoms with Gasteiger partial charge in [0, 0.05) is 16.2 Å². The summed E-state index contributed by atoms with van der Waals surface area (Å²) in [5.74, 6) is -1.31. The number of ketones is 1. The number of hydrogen-bond acceptors (Lipinski definition) is 4. The summed E-state index contributed by atoms with van der Waals surface area (Å²) in [5.41, 5.74) is 1.22. The molecule has 1 amide bonds. The van der Waals surface area contributed by atoms with Crippen molar-refractivity contribution in [2.24, 2.45) is 0 Å². The van der Waals surface area contributed by atoms with Crippen molar-refractivity contribution in [2.75, 3.05) is 4.90 Å². The molecule has 1 fully saturated rings. The Morgan fingerprint density at radius 1 is 0.929 bits per heavy atom. The number of benzene rings is 2. The third-order valence-corrected chi connectivity index (χ3v) is 5.10. The van der Waals surface area contributed by atoms with Crippen LogP contribution in [0.3, 0.4) is 0 Å². The lowest BCUT2D eigenvalue weighted by Gasteiger charge is -2.24. The highest BCUT2D eigenvalue weighted by atomic mass is 79.9. The van der Waals surface area contributed by atoms with Gasteiger partial charge < -0.3 is 5.11 Å². The fraction of sp³-hybridized carbons (Fsp3) is 0.0455. The van der Waals surface area contributed by atoms with E-state index < -0.39 is 17.7 Å². The van der Waals surface area contributed by atoms with Crippen molar-refractivity contribution in [3.05, 3.63) is 100 Å². The van der Waals surface area contributed by atoms with Crippen molar-refractivity contribution >= 4 is 39.2 Å². The maximum atomic E-state index is 12.9. The molecular weight excluding hydrogens is 420 g/mol. The smallest absolute Gasteiger partial charge is 0.301 e. The van der Waals surface area contributed by atoms with Crippen molar-refractivity contribution in [1.82, 2.24) is 4.98 Å². The van der Waals surface area contributed by atoms with Crippen LogP contribution in [0.2, 0.25) is 0 Å². The Balaban J connectivity index is 1.94. The van der Waals surface area contributed by atoms with Gasteiger partial charge >= 0.3 is 5.91 Å². The van der Waals surface area contributed by atoms with Crippen molar-refractivity contribution in [3.63, 3.8) is 0 Å². The molecule has 0 bridgehead atoms. The first kappa shape index (κ1) is 18.1. The molecule has 1 aromatic heterocycles. The molecule has 2 heterocycles. The van der Waals surface area contributed by atoms with Gasteiger partial charge in [0.25, 0.3) is 5.78 Å². The summed E-state index contributed by atoms with van der Waals surface area (Å²) in [4.78, 5) is 31.4. The number of carbonyl (C=O) groups is 2. The van der Waals surface area contributed by atoms with Gasteiger partial charge in [0.05, 0.1) is 11.6 Å². The third kappa shape index (κ3) is 3.12. The molecule has 28 heavy (non-hydrogen) atoms. The summed E-state index contributed by atoms with van der Waals surface area (Å²) < 4.78 is 0.845. The third-order valence-electron chi connectivity index (χ3n) is 4.57. The van der Waals surface area contributed by atoms with E-state index in [4.69, 9.17) is 0 Å². The van der Waals surface area contributed by atoms with Crippen molar-refractivity contribution in [1.29, 1.82) is 0 Å². The lowest BCUT2D eigenvalue weighted by molar-refractivity contribution is -0.132. The topological polar surface area (TPSA) is 70.5 Å². The molecule has 3 aromatic rings. The van der Waals surface area contributed by atoms with Gasteiger partial charge in [-0.05, 0) is 29.8 Å². The quantitative estimate of drug-likeness (QED) is 0.375. The zero-order valence-corrected chi connectivity index (χ0v) is 16.2. The number of aliphatic hydroxyl groups is 1. The summed E-state index contributed by atoms with van der Waals surface area (Å²) in [6.45, 7) is 0. The minimum absolute atomic E-state index is 0.0455. The van der Waals surface area contributed by atoms with Crippen molar-refractivity contribution < 1.29 is 14.7 Å². The number of rotatable bonds is 3. The van der Waals surface area contributed by atoms with E-state index in [9.17, 15) is 14.7 Å². The summed E-state index contributed by atoms with van der Waals surface area (Å²) in [5, 5.41) is 10.9. The molecule has 2 aromatic carbocycles. The van der Waals surface area contributed by atoms with Gasteiger partial charge in [0.1, 0.15) is 11.6 Å². The average Bonchev–Trinajstić information content (AvgIpc) is 3.00. The van der Waals surface area contributed by atoms with E-state index in [1.165, 1.54) is 4.90 Å². The van der Waals surface area contributed by atoms with E-state index >= 15 is 0 Å². The second-order valence-corrected chi connectivity index (χ2v) is 7.19. The highest BCUT2D eigenvalue weighted by Crippen LogP contribution is 2.41. The molecule has 1 aliphatic heterocycles. The molecule has 6 heteroatoms. The summed E-state index contributed by atoms with van der Waals surface area (Å²) >= 11 is 3.35. The van der Waals surface area contributed by atoms with Crippen LogP contribution in [0.25, 0.3) is 5.76 Å². The first-order valence-electron chi connectivity index (χ1n) is 8.61. The van der Waals surface area contributed by atoms with Crippen LogP contribution >= 0.6 is 15.9 Å². The zero-order valence-electron chi connectivity index (χ0n) is 14.6. The number of amides is 1. The lowest BCUT2D eigenvalue weighted by atomic mass is 9.95. The van der Waals surface area contributed by atoms with Crippen LogP contribution in [-0.4, -0.2) is 21.8 Å². The van der Waals surface area contributed by atoms with E-state index in [1.54, 1.807) is 48.7 Å². The number of anilines is 1. The van der Waals surface area contributed by atoms with E-state index in [1.807, 2.05) is 30.3 Å². The van der Waals surface area contributed by atoms with E-state index in [0.29, 0.717) is 16.9 Å². The number of hydrogen-bond donors (Lipinski definition) is 1. The van der Waals surface area contributed by atoms with Crippen LogP contribution in [0.5, 0.6) is 0 Å². The Bertz CT molecular complexity index is 1060. The maximum Gasteiger partial charge on any atom is 0.301 e. The maximum absolute atomic E-state index is 12.9. The second kappa shape index (κ2) is 7.40. The van der Waals surface area contributed by atoms with Crippen LogP contribution in [0.1, 0.15) is 17.2 Å². The molecule has 1 aliphatic rings. The van der Waals surface area contributed by atoms with Gasteiger partial charge in [-0.3, -0.25) is 14.5 Å². The largest absolute Gasteiger partial charge is 0.507 e. The Morgan fingerprint density at radius 3 is 2.25 bits per heavy atom. The predicted octanol–water partition coefficient (Wildman–Crippen LogP) is 4.47. The first-order valence-corrected chi connectivity index (χ1v) is 9.40. The molecule has 138 valence electrons. The number of pyridine rings is 1. The number of aliphatic hydroxyl groups excluding tert-OH is 1. The molecule has 5 nitrogen and oxygen atoms in total. The molecule has 1 N–H and O–H groups in total. The molecule has 4 rings (SSSR count). The summed E-state index contributed by atoms with van der Waals surface area (Å²) in [6.07, 6.45) is 1.56. The van der Waals surface area contributed by atoms with Gasteiger partial charge in [0.2, 0.25) is 0 Å². The number of carbonyl (C=O) groups excluding carboxylic acids is 2. The zero-order chi connectivity index (χ0) is 19.7. The molecule has 1 saturated heterocycles. The first-order chi connectivity index (χ1) is 13.6. The van der Waals surface area contributed by atoms with Crippen LogP contribution in [0.15, 0.2) is 89.0 Å². The fourth-order valence-corrected chi connectivity index (χ4v) is 3.54. The highest BCUT2D eigenvalue weighted by molar-refractivity contribution is 9.10. The van der Waals surface area contributed by atoms with Crippen LogP contribution < -0.4 is 4.90 Å². The van der Waals surface area contributed by atoms with E-state index in [2.05, 4.69) is 20.9 Å². The SMILES string of the molecule is O=C1C(=O)N(c2ccccn2)C(c2ccccc2)/C1=C(\O)c1ccc(Br)cc1. The Hall–Kier alpha value is -3.25. The summed E-state index contributed by atoms with van der Waals surface area (Å²) in [7, 11) is 0. The van der Waals surface area contributed by atoms with Gasteiger partial charge in [-0.15, -0.1) is 0 Å². The number of aromatic nitrogens is 1. The minimum Gasteiger partial charge on any atom is -0.507 e. The fourth-order valence-electron chi connectivity index (χ4n) is 3.28. The monoisotopic (exact) mass is 434 g/mol. The van der Waals surface area contributed by atoms with Gasteiger partial charge in [-0.1, -0.05) is 64.5 Å². The normalized spacial score (nSPS) is 18.5. The Labute approximate surface area is 170 Å². The number of nitrogens with zero attached hydrogens (tertiary/aromatic N) is 2. The molecular formula is C22H15BrN2O3. The molecule has 0 spiro atoms. The van der Waals surface area contributed by atoms with E-state index in [-0.39, 0.29) is 11.3 Å². The Morgan fingerprint density at radius 2 is 1.61 bits per heavy atom.